The summed E-state index contributed by atoms with van der Waals surface area (Å²) in [4.78, 5) is 15.7. The standard InChI is InChI=1S/C13H17N5O/c14-11-5-2-1-4-10(11)8-13(19)15-7-3-6-12-16-9-17-18-12/h1-2,4-5,9H,3,6-8,14H2,(H,15,19)(H,16,17,18). The van der Waals surface area contributed by atoms with Crippen LogP contribution in [0, 0.1) is 0 Å². The highest BCUT2D eigenvalue weighted by molar-refractivity contribution is 5.80. The van der Waals surface area contributed by atoms with E-state index in [2.05, 4.69) is 20.5 Å². The summed E-state index contributed by atoms with van der Waals surface area (Å²) < 4.78 is 0. The third kappa shape index (κ3) is 4.09. The van der Waals surface area contributed by atoms with E-state index in [9.17, 15) is 4.79 Å². The van der Waals surface area contributed by atoms with E-state index >= 15 is 0 Å². The quantitative estimate of drug-likeness (QED) is 0.525. The minimum absolute atomic E-state index is 0.0181. The second-order valence-electron chi connectivity index (χ2n) is 4.26. The molecule has 2 rings (SSSR count). The van der Waals surface area contributed by atoms with Gasteiger partial charge >= 0.3 is 0 Å². The maximum absolute atomic E-state index is 11.7. The predicted octanol–water partition coefficient (Wildman–Crippen LogP) is 0.678. The van der Waals surface area contributed by atoms with Crippen LogP contribution in [0.25, 0.3) is 0 Å². The van der Waals surface area contributed by atoms with E-state index in [1.54, 1.807) is 6.07 Å². The van der Waals surface area contributed by atoms with Crippen LogP contribution in [0.3, 0.4) is 0 Å². The zero-order chi connectivity index (χ0) is 13.5. The Kier molecular flexibility index (Phi) is 4.49. The molecule has 19 heavy (non-hydrogen) atoms. The molecular formula is C13H17N5O. The second kappa shape index (κ2) is 6.53. The molecule has 2 aromatic rings. The maximum Gasteiger partial charge on any atom is 0.224 e. The summed E-state index contributed by atoms with van der Waals surface area (Å²) in [6.07, 6.45) is 3.39. The molecule has 0 aliphatic heterocycles. The third-order valence-electron chi connectivity index (χ3n) is 2.78. The number of para-hydroxylation sites is 1. The Hall–Kier alpha value is -2.37. The van der Waals surface area contributed by atoms with E-state index in [1.165, 1.54) is 6.33 Å². The molecule has 0 aliphatic carbocycles. The number of aromatic nitrogens is 3. The fraction of sp³-hybridized carbons (Fsp3) is 0.308. The smallest absolute Gasteiger partial charge is 0.224 e. The van der Waals surface area contributed by atoms with E-state index < -0.39 is 0 Å². The van der Waals surface area contributed by atoms with E-state index in [0.29, 0.717) is 18.7 Å². The summed E-state index contributed by atoms with van der Waals surface area (Å²) in [5, 5.41) is 9.41. The molecule has 0 atom stereocenters. The fourth-order valence-corrected chi connectivity index (χ4v) is 1.77. The number of rotatable bonds is 6. The van der Waals surface area contributed by atoms with Crippen LogP contribution < -0.4 is 11.1 Å². The van der Waals surface area contributed by atoms with Crippen molar-refractivity contribution in [3.63, 3.8) is 0 Å². The molecular weight excluding hydrogens is 242 g/mol. The van der Waals surface area contributed by atoms with Crippen molar-refractivity contribution < 1.29 is 4.79 Å². The molecule has 0 spiro atoms. The zero-order valence-electron chi connectivity index (χ0n) is 10.6. The molecule has 1 amide bonds. The lowest BCUT2D eigenvalue weighted by Gasteiger charge is -2.06. The average Bonchev–Trinajstić information content (AvgIpc) is 2.91. The second-order valence-corrected chi connectivity index (χ2v) is 4.26. The molecule has 0 unspecified atom stereocenters. The van der Waals surface area contributed by atoms with E-state index in [4.69, 9.17) is 5.73 Å². The van der Waals surface area contributed by atoms with Gasteiger partial charge in [0.1, 0.15) is 12.2 Å². The zero-order valence-corrected chi connectivity index (χ0v) is 10.6. The number of aromatic amines is 1. The number of carbonyl (C=O) groups excluding carboxylic acids is 1. The van der Waals surface area contributed by atoms with Crippen LogP contribution in [0.5, 0.6) is 0 Å². The Morgan fingerprint density at radius 3 is 2.95 bits per heavy atom. The van der Waals surface area contributed by atoms with Crippen LogP contribution in [0.4, 0.5) is 5.69 Å². The summed E-state index contributed by atoms with van der Waals surface area (Å²) >= 11 is 0. The highest BCUT2D eigenvalue weighted by Gasteiger charge is 2.05. The highest BCUT2D eigenvalue weighted by Crippen LogP contribution is 2.10. The first-order chi connectivity index (χ1) is 9.25. The minimum atomic E-state index is -0.0181. The molecule has 1 heterocycles. The lowest BCUT2D eigenvalue weighted by molar-refractivity contribution is -0.120. The minimum Gasteiger partial charge on any atom is -0.398 e. The van der Waals surface area contributed by atoms with Crippen LogP contribution in [0.15, 0.2) is 30.6 Å². The molecule has 0 fully saturated rings. The number of nitrogens with two attached hydrogens (primary N) is 1. The van der Waals surface area contributed by atoms with Crippen molar-refractivity contribution in [2.24, 2.45) is 0 Å². The van der Waals surface area contributed by atoms with Crippen LogP contribution in [-0.2, 0) is 17.6 Å². The third-order valence-corrected chi connectivity index (χ3v) is 2.78. The lowest BCUT2D eigenvalue weighted by atomic mass is 10.1. The van der Waals surface area contributed by atoms with Crippen molar-refractivity contribution in [2.75, 3.05) is 12.3 Å². The molecule has 6 nitrogen and oxygen atoms in total. The monoisotopic (exact) mass is 259 g/mol. The number of carbonyl (C=O) groups is 1. The first kappa shape index (κ1) is 13.1. The number of hydrogen-bond acceptors (Lipinski definition) is 4. The largest absolute Gasteiger partial charge is 0.398 e. The topological polar surface area (TPSA) is 96.7 Å². The molecule has 0 saturated carbocycles. The van der Waals surface area contributed by atoms with Gasteiger partial charge in [0, 0.05) is 18.7 Å². The Morgan fingerprint density at radius 1 is 1.37 bits per heavy atom. The Balaban J connectivity index is 1.69. The number of aryl methyl sites for hydroxylation is 1. The molecule has 0 radical (unpaired) electrons. The number of nitrogen functional groups attached to an aromatic ring is 1. The van der Waals surface area contributed by atoms with E-state index in [-0.39, 0.29) is 5.91 Å². The van der Waals surface area contributed by atoms with Crippen molar-refractivity contribution in [2.45, 2.75) is 19.3 Å². The number of hydrogen-bond donors (Lipinski definition) is 3. The first-order valence-corrected chi connectivity index (χ1v) is 6.20. The lowest BCUT2D eigenvalue weighted by Crippen LogP contribution is -2.26. The van der Waals surface area contributed by atoms with Crippen molar-refractivity contribution in [3.8, 4) is 0 Å². The Labute approximate surface area is 111 Å². The summed E-state index contributed by atoms with van der Waals surface area (Å²) in [5.41, 5.74) is 7.30. The molecule has 0 saturated heterocycles. The predicted molar refractivity (Wildman–Crippen MR) is 72.3 cm³/mol. The van der Waals surface area contributed by atoms with E-state index in [1.807, 2.05) is 18.2 Å². The number of nitrogens with zero attached hydrogens (tertiary/aromatic N) is 2. The molecule has 0 aliphatic rings. The maximum atomic E-state index is 11.7. The molecule has 1 aromatic carbocycles. The molecule has 6 heteroatoms. The van der Waals surface area contributed by atoms with Crippen LogP contribution in [0.1, 0.15) is 17.8 Å². The average molecular weight is 259 g/mol. The number of amides is 1. The van der Waals surface area contributed by atoms with Gasteiger partial charge in [0.15, 0.2) is 0 Å². The fourth-order valence-electron chi connectivity index (χ4n) is 1.77. The molecule has 0 bridgehead atoms. The Bertz CT molecular complexity index is 524. The summed E-state index contributed by atoms with van der Waals surface area (Å²) in [6, 6.07) is 7.40. The van der Waals surface area contributed by atoms with Gasteiger partial charge in [-0.2, -0.15) is 5.10 Å². The van der Waals surface area contributed by atoms with Crippen molar-refractivity contribution >= 4 is 11.6 Å². The van der Waals surface area contributed by atoms with Gasteiger partial charge in [-0.15, -0.1) is 0 Å². The van der Waals surface area contributed by atoms with Gasteiger partial charge in [-0.3, -0.25) is 9.89 Å². The normalized spacial score (nSPS) is 10.3. The van der Waals surface area contributed by atoms with Crippen molar-refractivity contribution in [3.05, 3.63) is 42.0 Å². The van der Waals surface area contributed by atoms with Crippen LogP contribution >= 0.6 is 0 Å². The number of H-pyrrole nitrogens is 1. The van der Waals surface area contributed by atoms with Gasteiger partial charge in [0.25, 0.3) is 0 Å². The summed E-state index contributed by atoms with van der Waals surface area (Å²) in [6.45, 7) is 0.617. The van der Waals surface area contributed by atoms with Gasteiger partial charge in [0.2, 0.25) is 5.91 Å². The highest BCUT2D eigenvalue weighted by atomic mass is 16.1. The molecule has 100 valence electrons. The SMILES string of the molecule is Nc1ccccc1CC(=O)NCCCc1ncn[nH]1. The van der Waals surface area contributed by atoms with Gasteiger partial charge in [-0.25, -0.2) is 4.98 Å². The first-order valence-electron chi connectivity index (χ1n) is 6.20. The summed E-state index contributed by atoms with van der Waals surface area (Å²) in [5.74, 6) is 0.817. The van der Waals surface area contributed by atoms with Crippen molar-refractivity contribution in [1.82, 2.24) is 20.5 Å². The molecule has 4 N–H and O–H groups in total. The van der Waals surface area contributed by atoms with Crippen LogP contribution in [0.2, 0.25) is 0 Å². The molecule has 1 aromatic heterocycles. The van der Waals surface area contributed by atoms with Gasteiger partial charge in [0.05, 0.1) is 6.42 Å². The van der Waals surface area contributed by atoms with E-state index in [0.717, 1.165) is 24.2 Å². The van der Waals surface area contributed by atoms with Gasteiger partial charge in [-0.05, 0) is 18.1 Å². The van der Waals surface area contributed by atoms with Gasteiger partial charge in [-0.1, -0.05) is 18.2 Å². The number of nitrogens with one attached hydrogen (secondary N) is 2. The van der Waals surface area contributed by atoms with Crippen molar-refractivity contribution in [1.29, 1.82) is 0 Å². The number of benzene rings is 1. The summed E-state index contributed by atoms with van der Waals surface area (Å²) in [7, 11) is 0. The van der Waals surface area contributed by atoms with Crippen LogP contribution in [-0.4, -0.2) is 27.6 Å². The Morgan fingerprint density at radius 2 is 2.21 bits per heavy atom. The number of anilines is 1. The van der Waals surface area contributed by atoms with Gasteiger partial charge < -0.3 is 11.1 Å².